The molecule has 0 saturated carbocycles. The van der Waals surface area contributed by atoms with Gasteiger partial charge in [0.1, 0.15) is 6.61 Å². The van der Waals surface area contributed by atoms with Crippen LogP contribution in [-0.2, 0) is 16.6 Å². The van der Waals surface area contributed by atoms with Gasteiger partial charge in [0.05, 0.1) is 17.8 Å². The third-order valence-corrected chi connectivity index (χ3v) is 2.30. The first-order valence-corrected chi connectivity index (χ1v) is 5.14. The molecule has 1 aromatic heterocycles. The van der Waals surface area contributed by atoms with Gasteiger partial charge in [-0.25, -0.2) is 4.79 Å². The summed E-state index contributed by atoms with van der Waals surface area (Å²) in [4.78, 5) is 22.6. The number of nitrogens with zero attached hydrogens (tertiary/aromatic N) is 2. The number of rotatable bonds is 4. The van der Waals surface area contributed by atoms with Gasteiger partial charge in [-0.05, 0) is 6.92 Å². The van der Waals surface area contributed by atoms with Crippen molar-refractivity contribution in [3.8, 4) is 0 Å². The number of nitrogens with two attached hydrogens (primary N) is 1. The molecule has 0 aromatic carbocycles. The second-order valence-electron chi connectivity index (χ2n) is 3.53. The van der Waals surface area contributed by atoms with Gasteiger partial charge in [-0.1, -0.05) is 0 Å². The predicted molar refractivity (Wildman–Crippen MR) is 61.3 cm³/mol. The molecule has 3 N–H and O–H groups in total. The Hall–Kier alpha value is -2.05. The first-order chi connectivity index (χ1) is 7.97. The molecule has 0 fully saturated rings. The second kappa shape index (κ2) is 5.33. The first kappa shape index (κ1) is 13.0. The minimum Gasteiger partial charge on any atom is -0.460 e. The Bertz CT molecular complexity index is 439. The Morgan fingerprint density at radius 2 is 2.18 bits per heavy atom. The number of amides is 1. The zero-order valence-corrected chi connectivity index (χ0v) is 10.1. The SMILES string of the molecule is CNC(=O)CCOC(=O)c1c(N)c(C)nn1C. The van der Waals surface area contributed by atoms with Crippen molar-refractivity contribution in [3.63, 3.8) is 0 Å². The summed E-state index contributed by atoms with van der Waals surface area (Å²) in [6, 6.07) is 0. The monoisotopic (exact) mass is 240 g/mol. The molecular weight excluding hydrogens is 224 g/mol. The maximum Gasteiger partial charge on any atom is 0.358 e. The van der Waals surface area contributed by atoms with E-state index in [-0.39, 0.29) is 24.6 Å². The van der Waals surface area contributed by atoms with Crippen LogP contribution in [0.4, 0.5) is 5.69 Å². The van der Waals surface area contributed by atoms with Crippen molar-refractivity contribution in [1.29, 1.82) is 0 Å². The molecule has 0 radical (unpaired) electrons. The fraction of sp³-hybridized carbons (Fsp3) is 0.500. The average Bonchev–Trinajstić information content (AvgIpc) is 2.52. The number of esters is 1. The van der Waals surface area contributed by atoms with E-state index in [1.54, 1.807) is 14.0 Å². The van der Waals surface area contributed by atoms with Crippen molar-refractivity contribution in [1.82, 2.24) is 15.1 Å². The molecule has 1 rings (SSSR count). The van der Waals surface area contributed by atoms with Crippen LogP contribution in [0.2, 0.25) is 0 Å². The zero-order chi connectivity index (χ0) is 13.0. The summed E-state index contributed by atoms with van der Waals surface area (Å²) in [6.07, 6.45) is 0.124. The highest BCUT2D eigenvalue weighted by atomic mass is 16.5. The molecule has 0 aliphatic heterocycles. The van der Waals surface area contributed by atoms with E-state index in [0.717, 1.165) is 0 Å². The first-order valence-electron chi connectivity index (χ1n) is 5.14. The number of aromatic nitrogens is 2. The summed E-state index contributed by atoms with van der Waals surface area (Å²) < 4.78 is 6.30. The molecule has 0 aliphatic rings. The summed E-state index contributed by atoms with van der Waals surface area (Å²) in [6.45, 7) is 1.72. The van der Waals surface area contributed by atoms with Crippen LogP contribution in [0.1, 0.15) is 22.6 Å². The molecule has 7 heteroatoms. The van der Waals surface area contributed by atoms with Gasteiger partial charge in [0.15, 0.2) is 5.69 Å². The van der Waals surface area contributed by atoms with Crippen molar-refractivity contribution < 1.29 is 14.3 Å². The number of aryl methyl sites for hydroxylation is 2. The Morgan fingerprint density at radius 3 is 2.65 bits per heavy atom. The normalized spacial score (nSPS) is 10.1. The van der Waals surface area contributed by atoms with E-state index in [1.807, 2.05) is 0 Å². The number of carbonyl (C=O) groups is 2. The number of nitrogens with one attached hydrogen (secondary N) is 1. The van der Waals surface area contributed by atoms with Crippen LogP contribution in [-0.4, -0.2) is 35.3 Å². The van der Waals surface area contributed by atoms with Gasteiger partial charge in [-0.2, -0.15) is 5.10 Å². The van der Waals surface area contributed by atoms with Gasteiger partial charge in [-0.3, -0.25) is 9.48 Å². The number of carbonyl (C=O) groups excluding carboxylic acids is 2. The van der Waals surface area contributed by atoms with E-state index >= 15 is 0 Å². The maximum atomic E-state index is 11.7. The second-order valence-corrected chi connectivity index (χ2v) is 3.53. The number of nitrogen functional groups attached to an aromatic ring is 1. The quantitative estimate of drug-likeness (QED) is 0.698. The third-order valence-electron chi connectivity index (χ3n) is 2.30. The minimum atomic E-state index is -0.575. The van der Waals surface area contributed by atoms with E-state index in [9.17, 15) is 9.59 Å². The van der Waals surface area contributed by atoms with Crippen molar-refractivity contribution in [2.75, 3.05) is 19.4 Å². The molecule has 0 unspecified atom stereocenters. The lowest BCUT2D eigenvalue weighted by Gasteiger charge is -2.05. The Labute approximate surface area is 98.9 Å². The summed E-state index contributed by atoms with van der Waals surface area (Å²) in [7, 11) is 3.13. The smallest absolute Gasteiger partial charge is 0.358 e. The Balaban J connectivity index is 2.61. The molecular formula is C10H16N4O3. The number of anilines is 1. The van der Waals surface area contributed by atoms with Crippen LogP contribution in [0, 0.1) is 6.92 Å². The van der Waals surface area contributed by atoms with Crippen molar-refractivity contribution in [3.05, 3.63) is 11.4 Å². The molecule has 0 spiro atoms. The summed E-state index contributed by atoms with van der Waals surface area (Å²) in [5.41, 5.74) is 6.78. The molecule has 1 aromatic rings. The van der Waals surface area contributed by atoms with E-state index in [1.165, 1.54) is 11.7 Å². The van der Waals surface area contributed by atoms with E-state index < -0.39 is 5.97 Å². The molecule has 1 amide bonds. The van der Waals surface area contributed by atoms with Crippen molar-refractivity contribution >= 4 is 17.6 Å². The van der Waals surface area contributed by atoms with Gasteiger partial charge in [0.25, 0.3) is 0 Å². The summed E-state index contributed by atoms with van der Waals surface area (Å²) >= 11 is 0. The lowest BCUT2D eigenvalue weighted by Crippen LogP contribution is -2.21. The van der Waals surface area contributed by atoms with Crippen LogP contribution < -0.4 is 11.1 Å². The standard InChI is InChI=1S/C10H16N4O3/c1-6-8(11)9(14(3)13-6)10(16)17-5-4-7(15)12-2/h4-5,11H2,1-3H3,(H,12,15). The predicted octanol–water partition coefficient (Wildman–Crippen LogP) is -0.396. The minimum absolute atomic E-state index is 0.0160. The lowest BCUT2D eigenvalue weighted by molar-refractivity contribution is -0.121. The van der Waals surface area contributed by atoms with Crippen LogP contribution in [0.3, 0.4) is 0 Å². The van der Waals surface area contributed by atoms with Gasteiger partial charge >= 0.3 is 5.97 Å². The molecule has 0 bridgehead atoms. The number of hydrogen-bond acceptors (Lipinski definition) is 5. The van der Waals surface area contributed by atoms with Crippen molar-refractivity contribution in [2.24, 2.45) is 7.05 Å². The van der Waals surface area contributed by atoms with Gasteiger partial charge in [0, 0.05) is 14.1 Å². The fourth-order valence-electron chi connectivity index (χ4n) is 1.35. The van der Waals surface area contributed by atoms with Gasteiger partial charge in [0.2, 0.25) is 5.91 Å². The third kappa shape index (κ3) is 2.96. The van der Waals surface area contributed by atoms with Gasteiger partial charge < -0.3 is 15.8 Å². The average molecular weight is 240 g/mol. The molecule has 0 atom stereocenters. The fourth-order valence-corrected chi connectivity index (χ4v) is 1.35. The number of hydrogen-bond donors (Lipinski definition) is 2. The van der Waals surface area contributed by atoms with Crippen LogP contribution >= 0.6 is 0 Å². The Kier molecular flexibility index (Phi) is 4.08. The van der Waals surface area contributed by atoms with E-state index in [0.29, 0.717) is 11.4 Å². The molecule has 1 heterocycles. The molecule has 0 aliphatic carbocycles. The topological polar surface area (TPSA) is 99.2 Å². The molecule has 94 valence electrons. The highest BCUT2D eigenvalue weighted by Gasteiger charge is 2.19. The molecule has 0 saturated heterocycles. The summed E-state index contributed by atoms with van der Waals surface area (Å²) in [5.74, 6) is -0.763. The highest BCUT2D eigenvalue weighted by Crippen LogP contribution is 2.16. The summed E-state index contributed by atoms with van der Waals surface area (Å²) in [5, 5.41) is 6.44. The van der Waals surface area contributed by atoms with Crippen molar-refractivity contribution in [2.45, 2.75) is 13.3 Å². The van der Waals surface area contributed by atoms with Gasteiger partial charge in [-0.15, -0.1) is 0 Å². The lowest BCUT2D eigenvalue weighted by atomic mass is 10.3. The number of ether oxygens (including phenoxy) is 1. The largest absolute Gasteiger partial charge is 0.460 e. The highest BCUT2D eigenvalue weighted by molar-refractivity contribution is 5.93. The zero-order valence-electron chi connectivity index (χ0n) is 10.1. The van der Waals surface area contributed by atoms with Crippen LogP contribution in [0.25, 0.3) is 0 Å². The molecule has 7 nitrogen and oxygen atoms in total. The van der Waals surface area contributed by atoms with E-state index in [4.69, 9.17) is 10.5 Å². The molecule has 17 heavy (non-hydrogen) atoms. The Morgan fingerprint density at radius 1 is 1.53 bits per heavy atom. The van der Waals surface area contributed by atoms with Crippen LogP contribution in [0.15, 0.2) is 0 Å². The van der Waals surface area contributed by atoms with Crippen LogP contribution in [0.5, 0.6) is 0 Å². The maximum absolute atomic E-state index is 11.7. The van der Waals surface area contributed by atoms with E-state index in [2.05, 4.69) is 10.4 Å².